The van der Waals surface area contributed by atoms with Crippen LogP contribution in [-0.4, -0.2) is 6.54 Å². The van der Waals surface area contributed by atoms with Gasteiger partial charge in [-0.1, -0.05) is 24.8 Å². The van der Waals surface area contributed by atoms with Crippen LogP contribution in [0.25, 0.3) is 0 Å². The van der Waals surface area contributed by atoms with Gasteiger partial charge in [-0.3, -0.25) is 5.01 Å². The topological polar surface area (TPSA) is 105 Å². The SMILES string of the molecule is C=C(CN)/C(C#N)=C(/N)N(N)c1ccccc1. The lowest BCUT2D eigenvalue weighted by Gasteiger charge is -2.20. The molecule has 0 fully saturated rings. The summed E-state index contributed by atoms with van der Waals surface area (Å²) in [6, 6.07) is 11.0. The summed E-state index contributed by atoms with van der Waals surface area (Å²) in [5.74, 6) is 5.96. The van der Waals surface area contributed by atoms with Crippen molar-refractivity contribution in [1.29, 1.82) is 5.26 Å². The number of para-hydroxylation sites is 1. The molecule has 5 heteroatoms. The van der Waals surface area contributed by atoms with Crippen LogP contribution in [0.3, 0.4) is 0 Å². The third-order valence-corrected chi connectivity index (χ3v) is 2.26. The van der Waals surface area contributed by atoms with Gasteiger partial charge in [-0.05, 0) is 17.7 Å². The Kier molecular flexibility index (Phi) is 4.29. The molecule has 0 bridgehead atoms. The molecule has 0 aliphatic rings. The minimum atomic E-state index is 0.133. The Morgan fingerprint density at radius 1 is 1.35 bits per heavy atom. The van der Waals surface area contributed by atoms with Crippen molar-refractivity contribution in [1.82, 2.24) is 0 Å². The van der Waals surface area contributed by atoms with Crippen LogP contribution >= 0.6 is 0 Å². The molecule has 1 aromatic rings. The van der Waals surface area contributed by atoms with Gasteiger partial charge < -0.3 is 11.5 Å². The zero-order chi connectivity index (χ0) is 12.8. The Bertz CT molecular complexity index is 469. The largest absolute Gasteiger partial charge is 0.383 e. The smallest absolute Gasteiger partial charge is 0.136 e. The lowest BCUT2D eigenvalue weighted by molar-refractivity contribution is 0.956. The number of hydrazine groups is 1. The highest BCUT2D eigenvalue weighted by molar-refractivity contribution is 5.55. The first-order valence-electron chi connectivity index (χ1n) is 4.99. The molecule has 1 rings (SSSR count). The van der Waals surface area contributed by atoms with Crippen molar-refractivity contribution in [3.8, 4) is 6.07 Å². The van der Waals surface area contributed by atoms with Crippen molar-refractivity contribution >= 4 is 5.69 Å². The highest BCUT2D eigenvalue weighted by Crippen LogP contribution is 2.16. The predicted molar refractivity (Wildman–Crippen MR) is 68.1 cm³/mol. The van der Waals surface area contributed by atoms with E-state index in [1.165, 1.54) is 5.01 Å². The van der Waals surface area contributed by atoms with Crippen LogP contribution in [0, 0.1) is 11.3 Å². The van der Waals surface area contributed by atoms with Crippen molar-refractivity contribution < 1.29 is 0 Å². The molecule has 0 radical (unpaired) electrons. The van der Waals surface area contributed by atoms with Gasteiger partial charge in [0.25, 0.3) is 0 Å². The first-order chi connectivity index (χ1) is 8.11. The van der Waals surface area contributed by atoms with Crippen LogP contribution in [0.2, 0.25) is 0 Å². The second-order valence-corrected chi connectivity index (χ2v) is 3.39. The second-order valence-electron chi connectivity index (χ2n) is 3.39. The zero-order valence-corrected chi connectivity index (χ0v) is 9.43. The van der Waals surface area contributed by atoms with Gasteiger partial charge in [0.2, 0.25) is 0 Å². The van der Waals surface area contributed by atoms with Crippen LogP contribution in [0.1, 0.15) is 0 Å². The van der Waals surface area contributed by atoms with E-state index >= 15 is 0 Å². The van der Waals surface area contributed by atoms with E-state index in [0.717, 1.165) is 0 Å². The average molecular weight is 229 g/mol. The normalized spacial score (nSPS) is 11.4. The fourth-order valence-electron chi connectivity index (χ4n) is 1.27. The van der Waals surface area contributed by atoms with E-state index in [0.29, 0.717) is 11.3 Å². The molecule has 0 saturated heterocycles. The minimum absolute atomic E-state index is 0.133. The first kappa shape index (κ1) is 12.8. The molecule has 17 heavy (non-hydrogen) atoms. The van der Waals surface area contributed by atoms with E-state index in [1.807, 2.05) is 24.3 Å². The third kappa shape index (κ3) is 2.84. The van der Waals surface area contributed by atoms with Gasteiger partial charge in [-0.15, -0.1) is 0 Å². The molecule has 1 aromatic carbocycles. The minimum Gasteiger partial charge on any atom is -0.383 e. The summed E-state index contributed by atoms with van der Waals surface area (Å²) >= 11 is 0. The van der Waals surface area contributed by atoms with Crippen molar-refractivity contribution in [2.75, 3.05) is 11.6 Å². The van der Waals surface area contributed by atoms with Crippen LogP contribution in [0.5, 0.6) is 0 Å². The Labute approximate surface area is 100 Å². The van der Waals surface area contributed by atoms with E-state index in [-0.39, 0.29) is 17.9 Å². The summed E-state index contributed by atoms with van der Waals surface area (Å²) in [5, 5.41) is 10.2. The number of nitrogens with two attached hydrogens (primary N) is 3. The number of hydrogen-bond donors (Lipinski definition) is 3. The number of nitrogens with zero attached hydrogens (tertiary/aromatic N) is 2. The van der Waals surface area contributed by atoms with E-state index in [2.05, 4.69) is 6.58 Å². The first-order valence-corrected chi connectivity index (χ1v) is 4.99. The molecule has 6 N–H and O–H groups in total. The summed E-state index contributed by atoms with van der Waals surface area (Å²) in [7, 11) is 0. The molecular formula is C12H15N5. The number of nitriles is 1. The molecule has 88 valence electrons. The number of anilines is 1. The monoisotopic (exact) mass is 229 g/mol. The van der Waals surface area contributed by atoms with Gasteiger partial charge in [0.15, 0.2) is 0 Å². The predicted octanol–water partition coefficient (Wildman–Crippen LogP) is 0.575. The maximum absolute atomic E-state index is 9.01. The van der Waals surface area contributed by atoms with E-state index in [4.69, 9.17) is 22.6 Å². The third-order valence-electron chi connectivity index (χ3n) is 2.26. The maximum Gasteiger partial charge on any atom is 0.136 e. The van der Waals surface area contributed by atoms with Crippen molar-refractivity contribution in [2.45, 2.75) is 0 Å². The van der Waals surface area contributed by atoms with Crippen molar-refractivity contribution in [3.63, 3.8) is 0 Å². The highest BCUT2D eigenvalue weighted by atomic mass is 15.4. The summed E-state index contributed by atoms with van der Waals surface area (Å²) in [4.78, 5) is 0. The molecule has 0 amide bonds. The highest BCUT2D eigenvalue weighted by Gasteiger charge is 2.12. The number of rotatable bonds is 4. The lowest BCUT2D eigenvalue weighted by atomic mass is 10.1. The van der Waals surface area contributed by atoms with Crippen LogP contribution in [0.15, 0.2) is 53.9 Å². The maximum atomic E-state index is 9.01. The number of hydrogen-bond acceptors (Lipinski definition) is 5. The van der Waals surface area contributed by atoms with Gasteiger partial charge in [-0.25, -0.2) is 5.84 Å². The molecular weight excluding hydrogens is 214 g/mol. The quantitative estimate of drug-likeness (QED) is 0.303. The van der Waals surface area contributed by atoms with Crippen LogP contribution in [-0.2, 0) is 0 Å². The lowest BCUT2D eigenvalue weighted by Crippen LogP contribution is -2.35. The standard InChI is InChI=1S/C12H15N5/c1-9(7-13)11(8-14)12(15)17(16)10-5-3-2-4-6-10/h2-6H,1,7,13,15-16H2/b12-11-. The van der Waals surface area contributed by atoms with Crippen molar-refractivity contribution in [3.05, 3.63) is 53.9 Å². The van der Waals surface area contributed by atoms with Crippen LogP contribution in [0.4, 0.5) is 5.69 Å². The van der Waals surface area contributed by atoms with Gasteiger partial charge in [0.1, 0.15) is 11.9 Å². The van der Waals surface area contributed by atoms with E-state index in [9.17, 15) is 0 Å². The van der Waals surface area contributed by atoms with E-state index in [1.54, 1.807) is 12.1 Å². The molecule has 0 spiro atoms. The zero-order valence-electron chi connectivity index (χ0n) is 9.43. The summed E-state index contributed by atoms with van der Waals surface area (Å²) < 4.78 is 0. The molecule has 0 atom stereocenters. The average Bonchev–Trinajstić information content (AvgIpc) is 2.39. The Morgan fingerprint density at radius 3 is 2.41 bits per heavy atom. The molecule has 0 aliphatic carbocycles. The molecule has 0 aromatic heterocycles. The molecule has 0 unspecified atom stereocenters. The fraction of sp³-hybridized carbons (Fsp3) is 0.0833. The van der Waals surface area contributed by atoms with Crippen molar-refractivity contribution in [2.24, 2.45) is 17.3 Å². The molecule has 0 saturated carbocycles. The Balaban J connectivity index is 3.11. The van der Waals surface area contributed by atoms with E-state index < -0.39 is 0 Å². The Morgan fingerprint density at radius 2 is 1.94 bits per heavy atom. The van der Waals surface area contributed by atoms with Gasteiger partial charge in [0, 0.05) is 6.54 Å². The summed E-state index contributed by atoms with van der Waals surface area (Å²) in [5.41, 5.74) is 12.6. The Hall–Kier alpha value is -2.29. The molecule has 0 aliphatic heterocycles. The van der Waals surface area contributed by atoms with Gasteiger partial charge in [-0.2, -0.15) is 5.26 Å². The van der Waals surface area contributed by atoms with Crippen LogP contribution < -0.4 is 22.3 Å². The molecule has 0 heterocycles. The molecule has 5 nitrogen and oxygen atoms in total. The fourth-order valence-corrected chi connectivity index (χ4v) is 1.27. The summed E-state index contributed by atoms with van der Waals surface area (Å²) in [6.45, 7) is 3.83. The van der Waals surface area contributed by atoms with Gasteiger partial charge in [0.05, 0.1) is 11.3 Å². The second kappa shape index (κ2) is 5.70. The number of benzene rings is 1. The van der Waals surface area contributed by atoms with Gasteiger partial charge >= 0.3 is 0 Å². The summed E-state index contributed by atoms with van der Waals surface area (Å²) in [6.07, 6.45) is 0.